The summed E-state index contributed by atoms with van der Waals surface area (Å²) in [5, 5.41) is 0. The van der Waals surface area contributed by atoms with Crippen LogP contribution in [0.1, 0.15) is 25.7 Å². The Bertz CT molecular complexity index is 429. The Morgan fingerprint density at radius 3 is 2.38 bits per heavy atom. The Morgan fingerprint density at radius 1 is 1.29 bits per heavy atom. The lowest BCUT2D eigenvalue weighted by atomic mass is 9.78. The number of likely N-dealkylation sites (N-methyl/N-ethyl adjacent to an activating group) is 1. The second-order valence-corrected chi connectivity index (χ2v) is 6.25. The highest BCUT2D eigenvalue weighted by molar-refractivity contribution is 7.80. The smallest absolute Gasteiger partial charge is 0.242 e. The molecule has 2 saturated heterocycles. The van der Waals surface area contributed by atoms with Crippen molar-refractivity contribution in [2.24, 2.45) is 11.1 Å². The first-order valence-corrected chi connectivity index (χ1v) is 7.79. The van der Waals surface area contributed by atoms with Crippen LogP contribution in [0.3, 0.4) is 0 Å². The highest BCUT2D eigenvalue weighted by atomic mass is 32.1. The molecule has 2 fully saturated rings. The van der Waals surface area contributed by atoms with Gasteiger partial charge in [0.05, 0.1) is 11.5 Å². The van der Waals surface area contributed by atoms with E-state index in [-0.39, 0.29) is 23.3 Å². The summed E-state index contributed by atoms with van der Waals surface area (Å²) in [5.41, 5.74) is 4.97. The molecule has 2 heterocycles. The zero-order valence-electron chi connectivity index (χ0n) is 12.5. The lowest BCUT2D eigenvalue weighted by molar-refractivity contribution is -0.145. The molecule has 7 heteroatoms. The zero-order valence-corrected chi connectivity index (χ0v) is 13.3. The molecule has 0 aromatic heterocycles. The predicted octanol–water partition coefficient (Wildman–Crippen LogP) is 0.150. The van der Waals surface area contributed by atoms with Gasteiger partial charge in [-0.05, 0) is 25.7 Å². The van der Waals surface area contributed by atoms with Crippen LogP contribution < -0.4 is 5.73 Å². The molecule has 0 saturated carbocycles. The van der Waals surface area contributed by atoms with Crippen molar-refractivity contribution in [2.45, 2.75) is 25.7 Å². The van der Waals surface area contributed by atoms with Gasteiger partial charge in [0.25, 0.3) is 0 Å². The molecular formula is C14H23N3O3S. The van der Waals surface area contributed by atoms with Crippen molar-refractivity contribution in [3.05, 3.63) is 0 Å². The molecule has 0 radical (unpaired) electrons. The molecule has 2 N–H and O–H groups in total. The molecule has 0 aromatic rings. The van der Waals surface area contributed by atoms with Gasteiger partial charge in [0.1, 0.15) is 5.41 Å². The van der Waals surface area contributed by atoms with Crippen LogP contribution >= 0.6 is 12.2 Å². The van der Waals surface area contributed by atoms with Gasteiger partial charge in [0, 0.05) is 33.4 Å². The van der Waals surface area contributed by atoms with E-state index in [1.807, 2.05) is 0 Å². The third-order valence-corrected chi connectivity index (χ3v) is 4.80. The van der Waals surface area contributed by atoms with Gasteiger partial charge in [0.2, 0.25) is 11.8 Å². The number of hydrogen-bond acceptors (Lipinski definition) is 4. The topological polar surface area (TPSA) is 75.9 Å². The summed E-state index contributed by atoms with van der Waals surface area (Å²) < 4.78 is 5.31. The number of hydrogen-bond donors (Lipinski definition) is 1. The molecular weight excluding hydrogens is 290 g/mol. The molecule has 118 valence electrons. The summed E-state index contributed by atoms with van der Waals surface area (Å²) in [4.78, 5) is 28.4. The summed E-state index contributed by atoms with van der Waals surface area (Å²) in [6.07, 6.45) is 3.06. The normalized spacial score (nSPS) is 21.1. The van der Waals surface area contributed by atoms with E-state index in [9.17, 15) is 9.59 Å². The van der Waals surface area contributed by atoms with Crippen LogP contribution in [0.2, 0.25) is 0 Å². The summed E-state index contributed by atoms with van der Waals surface area (Å²) in [6.45, 7) is 2.60. The summed E-state index contributed by atoms with van der Waals surface area (Å²) in [6, 6.07) is 0. The maximum absolute atomic E-state index is 12.7. The third kappa shape index (κ3) is 3.35. The quantitative estimate of drug-likeness (QED) is 0.748. The fourth-order valence-electron chi connectivity index (χ4n) is 2.99. The largest absolute Gasteiger partial charge is 0.392 e. The zero-order chi connectivity index (χ0) is 15.5. The minimum atomic E-state index is -0.854. The van der Waals surface area contributed by atoms with Gasteiger partial charge >= 0.3 is 0 Å². The molecule has 0 aliphatic carbocycles. The summed E-state index contributed by atoms with van der Waals surface area (Å²) in [5.74, 6) is -0.167. The van der Waals surface area contributed by atoms with Crippen LogP contribution in [-0.4, -0.2) is 66.5 Å². The Morgan fingerprint density at radius 2 is 1.86 bits per heavy atom. The molecule has 2 aliphatic rings. The first kappa shape index (κ1) is 16.2. The van der Waals surface area contributed by atoms with Gasteiger partial charge < -0.3 is 20.3 Å². The minimum Gasteiger partial charge on any atom is -0.392 e. The van der Waals surface area contributed by atoms with Gasteiger partial charge in [-0.3, -0.25) is 9.59 Å². The predicted molar refractivity (Wildman–Crippen MR) is 82.7 cm³/mol. The molecule has 0 aromatic carbocycles. The second-order valence-electron chi connectivity index (χ2n) is 5.81. The van der Waals surface area contributed by atoms with E-state index < -0.39 is 5.41 Å². The fourth-order valence-corrected chi connectivity index (χ4v) is 3.28. The van der Waals surface area contributed by atoms with Gasteiger partial charge in [-0.15, -0.1) is 0 Å². The maximum atomic E-state index is 12.7. The van der Waals surface area contributed by atoms with Crippen molar-refractivity contribution in [2.75, 3.05) is 39.9 Å². The van der Waals surface area contributed by atoms with Crippen molar-refractivity contribution >= 4 is 29.0 Å². The highest BCUT2D eigenvalue weighted by Crippen LogP contribution is 2.33. The summed E-state index contributed by atoms with van der Waals surface area (Å²) >= 11 is 5.12. The van der Waals surface area contributed by atoms with Crippen molar-refractivity contribution in [3.63, 3.8) is 0 Å². The Labute approximate surface area is 130 Å². The van der Waals surface area contributed by atoms with E-state index in [1.165, 1.54) is 4.90 Å². The van der Waals surface area contributed by atoms with E-state index in [0.717, 1.165) is 25.9 Å². The Kier molecular flexibility index (Phi) is 5.16. The molecule has 0 atom stereocenters. The van der Waals surface area contributed by atoms with Crippen molar-refractivity contribution in [1.82, 2.24) is 9.80 Å². The lowest BCUT2D eigenvalue weighted by Crippen LogP contribution is -2.54. The van der Waals surface area contributed by atoms with E-state index in [2.05, 4.69) is 0 Å². The van der Waals surface area contributed by atoms with Gasteiger partial charge in [-0.2, -0.15) is 0 Å². The van der Waals surface area contributed by atoms with Crippen molar-refractivity contribution in [1.29, 1.82) is 0 Å². The number of carbonyl (C=O) groups is 2. The lowest BCUT2D eigenvalue weighted by Gasteiger charge is -2.37. The van der Waals surface area contributed by atoms with Crippen molar-refractivity contribution < 1.29 is 14.3 Å². The first-order valence-electron chi connectivity index (χ1n) is 7.38. The number of ether oxygens (including phenoxy) is 1. The minimum absolute atomic E-state index is 0.00602. The van der Waals surface area contributed by atoms with Crippen molar-refractivity contribution in [3.8, 4) is 0 Å². The molecule has 2 rings (SSSR count). The van der Waals surface area contributed by atoms with Crippen LogP contribution in [0.25, 0.3) is 0 Å². The molecule has 2 amide bonds. The van der Waals surface area contributed by atoms with E-state index in [1.54, 1.807) is 11.9 Å². The Balaban J connectivity index is 2.02. The van der Waals surface area contributed by atoms with E-state index in [4.69, 9.17) is 22.7 Å². The number of nitrogens with two attached hydrogens (primary N) is 1. The van der Waals surface area contributed by atoms with Gasteiger partial charge in [0.15, 0.2) is 0 Å². The third-order valence-electron chi connectivity index (χ3n) is 4.41. The van der Waals surface area contributed by atoms with E-state index in [0.29, 0.717) is 26.1 Å². The number of likely N-dealkylation sites (tertiary alicyclic amines) is 1. The van der Waals surface area contributed by atoms with Gasteiger partial charge in [-0.1, -0.05) is 12.2 Å². The molecule has 21 heavy (non-hydrogen) atoms. The number of carbonyl (C=O) groups excluding carboxylic acids is 2. The van der Waals surface area contributed by atoms with Crippen LogP contribution in [-0.2, 0) is 14.3 Å². The molecule has 0 unspecified atom stereocenters. The molecule has 6 nitrogen and oxygen atoms in total. The number of thiocarbonyl (C=S) groups is 1. The van der Waals surface area contributed by atoms with Crippen LogP contribution in [0.5, 0.6) is 0 Å². The summed E-state index contributed by atoms with van der Waals surface area (Å²) in [7, 11) is 1.64. The maximum Gasteiger partial charge on any atom is 0.242 e. The first-order chi connectivity index (χ1) is 9.97. The van der Waals surface area contributed by atoms with Gasteiger partial charge in [-0.25, -0.2) is 0 Å². The number of nitrogens with zero attached hydrogens (tertiary/aromatic N) is 2. The second kappa shape index (κ2) is 6.70. The number of rotatable bonds is 4. The number of amides is 2. The average molecular weight is 313 g/mol. The molecule has 0 bridgehead atoms. The fraction of sp³-hybridized carbons (Fsp3) is 0.786. The molecule has 0 spiro atoms. The van der Waals surface area contributed by atoms with Crippen LogP contribution in [0.15, 0.2) is 0 Å². The Hall–Kier alpha value is -1.21. The standard InChI is InChI=1S/C14H23N3O3S/c1-16(10-11(18)17-6-2-3-7-17)13(19)14(12(15)21)4-8-20-9-5-14/h2-10H2,1H3,(H2,15,21). The SMILES string of the molecule is CN(CC(=O)N1CCCC1)C(=O)C1(C(N)=S)CCOCC1. The monoisotopic (exact) mass is 313 g/mol. The molecule has 2 aliphatic heterocycles. The van der Waals surface area contributed by atoms with E-state index >= 15 is 0 Å². The highest BCUT2D eigenvalue weighted by Gasteiger charge is 2.45. The van der Waals surface area contributed by atoms with Crippen LogP contribution in [0.4, 0.5) is 0 Å². The average Bonchev–Trinajstić information content (AvgIpc) is 3.01. The van der Waals surface area contributed by atoms with Crippen LogP contribution in [0, 0.1) is 5.41 Å².